The third-order valence-electron chi connectivity index (χ3n) is 6.75. The first kappa shape index (κ1) is 31.7. The summed E-state index contributed by atoms with van der Waals surface area (Å²) >= 11 is 4.11. The van der Waals surface area contributed by atoms with Gasteiger partial charge in [-0.2, -0.15) is 0 Å². The summed E-state index contributed by atoms with van der Waals surface area (Å²) < 4.78 is 15.9. The maximum absolute atomic E-state index is 12.3. The van der Waals surface area contributed by atoms with Crippen LogP contribution in [0.2, 0.25) is 0 Å². The number of ether oxygens (including phenoxy) is 2. The molecule has 0 saturated heterocycles. The standard InChI is InChI=1S/C28H51N3O3S/c1-4-6-8-10-11-12-13-14-15-16-20-26(32)34-24-31(3)21-18-19-25(23-31)27(30-35)28(29)33-22-17-9-7-5-2/h19H,4-18,20-24H2,1-3H3,(H-,29,35)/p+1. The van der Waals surface area contributed by atoms with Crippen molar-refractivity contribution in [3.8, 4) is 0 Å². The fraction of sp³-hybridized carbons (Fsp3) is 0.821. The van der Waals surface area contributed by atoms with Gasteiger partial charge in [0.1, 0.15) is 12.3 Å². The second kappa shape index (κ2) is 19.8. The maximum atomic E-state index is 12.3. The van der Waals surface area contributed by atoms with Gasteiger partial charge in [0.25, 0.3) is 0 Å². The van der Waals surface area contributed by atoms with Gasteiger partial charge >= 0.3 is 5.97 Å². The average molecular weight is 511 g/mol. The number of likely N-dealkylation sites (N-methyl/N-ethyl adjacent to an activating group) is 1. The Labute approximate surface area is 220 Å². The highest BCUT2D eigenvalue weighted by Crippen LogP contribution is 2.20. The zero-order valence-corrected chi connectivity index (χ0v) is 23.7. The number of thiol groups is 1. The van der Waals surface area contributed by atoms with Crippen LogP contribution in [-0.4, -0.2) is 55.5 Å². The number of nitrogens with zero attached hydrogens (tertiary/aromatic N) is 2. The molecule has 1 heterocycles. The Morgan fingerprint density at radius 2 is 1.51 bits per heavy atom. The van der Waals surface area contributed by atoms with E-state index < -0.39 is 0 Å². The van der Waals surface area contributed by atoms with E-state index in [0.717, 1.165) is 44.2 Å². The molecule has 0 aliphatic carbocycles. The van der Waals surface area contributed by atoms with Gasteiger partial charge in [-0.15, -0.1) is 0 Å². The van der Waals surface area contributed by atoms with E-state index in [2.05, 4.69) is 44.2 Å². The lowest BCUT2D eigenvalue weighted by atomic mass is 10.0. The molecule has 1 aliphatic rings. The lowest BCUT2D eigenvalue weighted by molar-refractivity contribution is -0.922. The predicted molar refractivity (Wildman–Crippen MR) is 150 cm³/mol. The van der Waals surface area contributed by atoms with Crippen LogP contribution >= 0.6 is 12.8 Å². The molecule has 0 spiro atoms. The van der Waals surface area contributed by atoms with E-state index in [9.17, 15) is 4.79 Å². The molecule has 1 unspecified atom stereocenters. The number of nitrogens with one attached hydrogen (secondary N) is 1. The minimum absolute atomic E-state index is 0.0779. The predicted octanol–water partition coefficient (Wildman–Crippen LogP) is 7.43. The van der Waals surface area contributed by atoms with Crippen molar-refractivity contribution in [1.82, 2.24) is 0 Å². The normalized spacial score (nSPS) is 18.3. The first-order valence-corrected chi connectivity index (χ1v) is 14.5. The number of unbranched alkanes of at least 4 members (excludes halogenated alkanes) is 12. The molecule has 0 fully saturated rings. The molecule has 7 heteroatoms. The van der Waals surface area contributed by atoms with E-state index in [1.807, 2.05) is 0 Å². The van der Waals surface area contributed by atoms with Crippen LogP contribution in [0.25, 0.3) is 0 Å². The summed E-state index contributed by atoms with van der Waals surface area (Å²) in [6.45, 7) is 6.84. The van der Waals surface area contributed by atoms with Crippen molar-refractivity contribution in [2.24, 2.45) is 4.40 Å². The molecule has 0 amide bonds. The number of hydrogen-bond acceptors (Lipinski definition) is 6. The second-order valence-electron chi connectivity index (χ2n) is 10.3. The van der Waals surface area contributed by atoms with Gasteiger partial charge in [0.05, 0.1) is 20.2 Å². The van der Waals surface area contributed by atoms with E-state index >= 15 is 0 Å². The molecule has 0 aromatic rings. The molecule has 1 atom stereocenters. The van der Waals surface area contributed by atoms with E-state index in [0.29, 0.717) is 36.5 Å². The SMILES string of the molecule is CCCCCCCCCCCCC(=O)OC[N+]1(C)CCC=C(/C(=N/S)C(=N)OCCCCCC)C1. The molecule has 0 aromatic carbocycles. The van der Waals surface area contributed by atoms with Crippen molar-refractivity contribution in [3.63, 3.8) is 0 Å². The van der Waals surface area contributed by atoms with Crippen molar-refractivity contribution in [3.05, 3.63) is 11.6 Å². The lowest BCUT2D eigenvalue weighted by Crippen LogP contribution is -2.51. The van der Waals surface area contributed by atoms with Crippen LogP contribution in [-0.2, 0) is 14.3 Å². The highest BCUT2D eigenvalue weighted by molar-refractivity contribution is 7.79. The molecular formula is C28H52N3O3S+. The summed E-state index contributed by atoms with van der Waals surface area (Å²) in [4.78, 5) is 12.3. The van der Waals surface area contributed by atoms with Gasteiger partial charge in [-0.3, -0.25) is 14.7 Å². The zero-order chi connectivity index (χ0) is 25.8. The van der Waals surface area contributed by atoms with E-state index in [1.54, 1.807) is 0 Å². The summed E-state index contributed by atoms with van der Waals surface area (Å²) in [5.74, 6) is -0.0274. The Hall–Kier alpha value is -1.34. The van der Waals surface area contributed by atoms with Gasteiger partial charge in [0, 0.05) is 18.4 Å². The quantitative estimate of drug-likeness (QED) is 0.0446. The highest BCUT2D eigenvalue weighted by Gasteiger charge is 2.31. The first-order chi connectivity index (χ1) is 17.0. The van der Waals surface area contributed by atoms with Crippen molar-refractivity contribution in [2.45, 2.75) is 117 Å². The van der Waals surface area contributed by atoms with Crippen LogP contribution in [0.1, 0.15) is 117 Å². The highest BCUT2D eigenvalue weighted by atomic mass is 32.1. The van der Waals surface area contributed by atoms with Gasteiger partial charge in [-0.1, -0.05) is 97.0 Å². The summed E-state index contributed by atoms with van der Waals surface area (Å²) in [5, 5.41) is 8.30. The molecule has 6 nitrogen and oxygen atoms in total. The molecule has 0 radical (unpaired) electrons. The first-order valence-electron chi connectivity index (χ1n) is 14.1. The Bertz CT molecular complexity index is 666. The third kappa shape index (κ3) is 14.7. The topological polar surface area (TPSA) is 71.7 Å². The molecule has 0 aromatic heterocycles. The van der Waals surface area contributed by atoms with Crippen LogP contribution in [0, 0.1) is 5.41 Å². The molecule has 1 aliphatic heterocycles. The molecule has 202 valence electrons. The summed E-state index contributed by atoms with van der Waals surface area (Å²) in [6.07, 6.45) is 20.4. The smallest absolute Gasteiger partial charge is 0.310 e. The van der Waals surface area contributed by atoms with Crippen LogP contribution in [0.3, 0.4) is 0 Å². The Morgan fingerprint density at radius 3 is 2.11 bits per heavy atom. The summed E-state index contributed by atoms with van der Waals surface area (Å²) in [7, 11) is 2.09. The fourth-order valence-electron chi connectivity index (χ4n) is 4.47. The molecule has 1 N–H and O–H groups in total. The Kier molecular flexibility index (Phi) is 17.9. The Morgan fingerprint density at radius 1 is 0.943 bits per heavy atom. The summed E-state index contributed by atoms with van der Waals surface area (Å²) in [6, 6.07) is 0. The van der Waals surface area contributed by atoms with Gasteiger partial charge in [-0.05, 0) is 25.7 Å². The number of esters is 1. The maximum Gasteiger partial charge on any atom is 0.310 e. The van der Waals surface area contributed by atoms with Crippen molar-refractivity contribution in [1.29, 1.82) is 5.41 Å². The monoisotopic (exact) mass is 510 g/mol. The van der Waals surface area contributed by atoms with Crippen LogP contribution in [0.15, 0.2) is 16.0 Å². The van der Waals surface area contributed by atoms with Crippen LogP contribution in [0.4, 0.5) is 0 Å². The lowest BCUT2D eigenvalue weighted by Gasteiger charge is -2.36. The second-order valence-corrected chi connectivity index (χ2v) is 10.5. The fourth-order valence-corrected chi connectivity index (χ4v) is 4.69. The number of carbonyl (C=O) groups excluding carboxylic acids is 1. The van der Waals surface area contributed by atoms with E-state index in [4.69, 9.17) is 14.9 Å². The van der Waals surface area contributed by atoms with Gasteiger partial charge in [-0.25, -0.2) is 4.40 Å². The number of hydrogen-bond donors (Lipinski definition) is 2. The molecule has 35 heavy (non-hydrogen) atoms. The van der Waals surface area contributed by atoms with E-state index in [-0.39, 0.29) is 11.9 Å². The number of carbonyl (C=O) groups is 1. The van der Waals surface area contributed by atoms with Crippen LogP contribution in [0.5, 0.6) is 0 Å². The molecule has 0 saturated carbocycles. The zero-order valence-electron chi connectivity index (χ0n) is 22.8. The molecule has 1 rings (SSSR count). The number of quaternary nitrogens is 1. The largest absolute Gasteiger partial charge is 0.477 e. The average Bonchev–Trinajstić information content (AvgIpc) is 2.84. The van der Waals surface area contributed by atoms with Gasteiger partial charge in [0.2, 0.25) is 12.6 Å². The minimum atomic E-state index is -0.105. The summed E-state index contributed by atoms with van der Waals surface area (Å²) in [5.41, 5.74) is 1.43. The van der Waals surface area contributed by atoms with Gasteiger partial charge in [0.15, 0.2) is 0 Å². The Balaban J connectivity index is 2.28. The van der Waals surface area contributed by atoms with E-state index in [1.165, 1.54) is 64.2 Å². The number of rotatable bonds is 20. The van der Waals surface area contributed by atoms with Crippen molar-refractivity contribution < 1.29 is 18.8 Å². The van der Waals surface area contributed by atoms with Crippen molar-refractivity contribution >= 4 is 30.4 Å². The van der Waals surface area contributed by atoms with Crippen LogP contribution < -0.4 is 0 Å². The van der Waals surface area contributed by atoms with Crippen molar-refractivity contribution in [2.75, 3.05) is 33.5 Å². The molecular weight excluding hydrogens is 458 g/mol. The third-order valence-corrected chi connectivity index (χ3v) is 6.95. The minimum Gasteiger partial charge on any atom is -0.477 e. The molecule has 0 bridgehead atoms. The van der Waals surface area contributed by atoms with Gasteiger partial charge < -0.3 is 9.47 Å².